The summed E-state index contributed by atoms with van der Waals surface area (Å²) in [5.41, 5.74) is 3.47. The van der Waals surface area contributed by atoms with Crippen LogP contribution in [0.2, 0.25) is 0 Å². The Kier molecular flexibility index (Phi) is 6.65. The highest BCUT2D eigenvalue weighted by molar-refractivity contribution is 6.09. The van der Waals surface area contributed by atoms with Gasteiger partial charge in [0.05, 0.1) is 16.8 Å². The number of aliphatic hydroxyl groups is 1. The fraction of sp³-hybridized carbons (Fsp3) is 0.556. The van der Waals surface area contributed by atoms with Gasteiger partial charge in [0.15, 0.2) is 0 Å². The van der Waals surface area contributed by atoms with Gasteiger partial charge in [-0.25, -0.2) is 0 Å². The Labute approximate surface area is 248 Å². The lowest BCUT2D eigenvalue weighted by atomic mass is 9.54. The third-order valence-corrected chi connectivity index (χ3v) is 11.5. The first-order valence-corrected chi connectivity index (χ1v) is 16.5. The summed E-state index contributed by atoms with van der Waals surface area (Å²) < 4.78 is 0. The van der Waals surface area contributed by atoms with Gasteiger partial charge in [-0.15, -0.1) is 0 Å². The zero-order valence-corrected chi connectivity index (χ0v) is 24.7. The number of carbonyl (C=O) groups excluding carboxylic acids is 1. The van der Waals surface area contributed by atoms with E-state index in [0.717, 1.165) is 87.9 Å². The van der Waals surface area contributed by atoms with Gasteiger partial charge in [0.2, 0.25) is 0 Å². The summed E-state index contributed by atoms with van der Waals surface area (Å²) in [5, 5.41) is 15.5. The van der Waals surface area contributed by atoms with Crippen LogP contribution in [0.25, 0.3) is 27.4 Å². The molecule has 2 N–H and O–H groups in total. The van der Waals surface area contributed by atoms with E-state index in [2.05, 4.69) is 63.3 Å². The zero-order valence-electron chi connectivity index (χ0n) is 24.7. The van der Waals surface area contributed by atoms with E-state index in [-0.39, 0.29) is 11.5 Å². The predicted molar refractivity (Wildman–Crippen MR) is 168 cm³/mol. The molecule has 0 radical (unpaired) electrons. The molecular formula is C36H44N4O2. The second-order valence-electron chi connectivity index (χ2n) is 13.9. The van der Waals surface area contributed by atoms with Crippen LogP contribution in [-0.2, 0) is 4.79 Å². The number of H-pyrrole nitrogens is 1. The van der Waals surface area contributed by atoms with Gasteiger partial charge in [0, 0.05) is 59.4 Å². The maximum Gasteiger partial charge on any atom is 0.133 e. The van der Waals surface area contributed by atoms with E-state index in [0.29, 0.717) is 30.6 Å². The first-order valence-electron chi connectivity index (χ1n) is 16.5. The first kappa shape index (κ1) is 26.8. The van der Waals surface area contributed by atoms with E-state index in [9.17, 15) is 9.90 Å². The summed E-state index contributed by atoms with van der Waals surface area (Å²) in [7, 11) is 0. The maximum absolute atomic E-state index is 13.1. The minimum absolute atomic E-state index is 0.0656. The number of aromatic nitrogens is 2. The molecule has 42 heavy (non-hydrogen) atoms. The van der Waals surface area contributed by atoms with Crippen molar-refractivity contribution < 1.29 is 9.90 Å². The molecule has 0 saturated carbocycles. The van der Waals surface area contributed by atoms with Crippen molar-refractivity contribution >= 4 is 33.2 Å². The number of benzene rings is 1. The van der Waals surface area contributed by atoms with E-state index >= 15 is 0 Å². The van der Waals surface area contributed by atoms with Gasteiger partial charge in [-0.2, -0.15) is 0 Å². The Bertz CT molecular complexity index is 1570. The van der Waals surface area contributed by atoms with Gasteiger partial charge in [-0.3, -0.25) is 14.7 Å². The molecule has 3 fully saturated rings. The monoisotopic (exact) mass is 564 g/mol. The van der Waals surface area contributed by atoms with Crippen LogP contribution in [0.5, 0.6) is 0 Å². The van der Waals surface area contributed by atoms with Gasteiger partial charge < -0.3 is 15.0 Å². The predicted octanol–water partition coefficient (Wildman–Crippen LogP) is 6.26. The van der Waals surface area contributed by atoms with Crippen LogP contribution < -0.4 is 0 Å². The summed E-state index contributed by atoms with van der Waals surface area (Å²) in [6.07, 6.45) is 19.4. The topological polar surface area (TPSA) is 72.5 Å². The third-order valence-electron chi connectivity index (χ3n) is 11.5. The van der Waals surface area contributed by atoms with E-state index in [1.165, 1.54) is 29.2 Å². The number of pyridine rings is 1. The van der Waals surface area contributed by atoms with Gasteiger partial charge in [0.25, 0.3) is 0 Å². The van der Waals surface area contributed by atoms with Crippen LogP contribution in [0.3, 0.4) is 0 Å². The van der Waals surface area contributed by atoms with Gasteiger partial charge in [-0.1, -0.05) is 30.4 Å². The summed E-state index contributed by atoms with van der Waals surface area (Å²) in [6, 6.07) is 11.1. The molecule has 0 amide bonds. The smallest absolute Gasteiger partial charge is 0.133 e. The second kappa shape index (κ2) is 10.4. The molecule has 5 aliphatic rings. The minimum Gasteiger partial charge on any atom is -0.384 e. The van der Waals surface area contributed by atoms with E-state index < -0.39 is 5.60 Å². The average Bonchev–Trinajstić information content (AvgIpc) is 3.51. The average molecular weight is 565 g/mol. The Hall–Kier alpha value is -2.80. The molecule has 220 valence electrons. The lowest BCUT2D eigenvalue weighted by Gasteiger charge is -2.58. The molecule has 8 rings (SSSR count). The number of nitrogens with zero attached hydrogens (tertiary/aromatic N) is 3. The molecule has 6 nitrogen and oxygen atoms in total. The minimum atomic E-state index is -0.957. The van der Waals surface area contributed by atoms with Crippen molar-refractivity contribution in [1.29, 1.82) is 0 Å². The molecule has 2 aromatic heterocycles. The van der Waals surface area contributed by atoms with Crippen molar-refractivity contribution in [3.05, 3.63) is 60.5 Å². The maximum atomic E-state index is 13.1. The van der Waals surface area contributed by atoms with E-state index in [4.69, 9.17) is 4.98 Å². The molecular weight excluding hydrogens is 520 g/mol. The van der Waals surface area contributed by atoms with Crippen LogP contribution in [0.4, 0.5) is 0 Å². The highest BCUT2D eigenvalue weighted by Gasteiger charge is 2.66. The van der Waals surface area contributed by atoms with Crippen LogP contribution in [0, 0.1) is 11.3 Å². The Morgan fingerprint density at radius 1 is 0.952 bits per heavy atom. The summed E-state index contributed by atoms with van der Waals surface area (Å²) in [6.45, 7) is 4.16. The Morgan fingerprint density at radius 3 is 2.81 bits per heavy atom. The summed E-state index contributed by atoms with van der Waals surface area (Å²) in [5.74, 6) is 0.744. The largest absolute Gasteiger partial charge is 0.384 e. The highest BCUT2D eigenvalue weighted by Crippen LogP contribution is 2.62. The van der Waals surface area contributed by atoms with Crippen molar-refractivity contribution in [1.82, 2.24) is 19.8 Å². The molecule has 6 atom stereocenters. The van der Waals surface area contributed by atoms with Gasteiger partial charge >= 0.3 is 0 Å². The standard InChI is InChI=1S/C36H44N4O2/c41-26-10-9-20-40-25(13-14-26)22-35-24-39-19-8-4-2-1-3-7-17-36(42,34(35)40)23-29(30(35)16-21-39)32-33-28(15-18-37-32)27-11-5-6-12-31(27)38-33/h1,3,5-6,11-12,15,18,23,25,30,34,38,42H,2,4,7-10,13-14,16-17,19-22,24H2. The summed E-state index contributed by atoms with van der Waals surface area (Å²) in [4.78, 5) is 26.8. The van der Waals surface area contributed by atoms with Crippen molar-refractivity contribution in [2.45, 2.75) is 88.3 Å². The number of Topliss-reactive ketones (excluding diaryl/α,β-unsaturated/α-hetero) is 1. The number of allylic oxidation sites excluding steroid dienone is 3. The Balaban J connectivity index is 1.33. The molecule has 1 aliphatic carbocycles. The molecule has 6 heteroatoms. The van der Waals surface area contributed by atoms with Gasteiger partial charge in [-0.05, 0) is 107 Å². The number of ketones is 1. The molecule has 1 spiro atoms. The van der Waals surface area contributed by atoms with E-state index in [1.807, 2.05) is 6.20 Å². The van der Waals surface area contributed by atoms with Crippen LogP contribution >= 0.6 is 0 Å². The number of hydrogen-bond acceptors (Lipinski definition) is 5. The number of rotatable bonds is 1. The second-order valence-corrected chi connectivity index (χ2v) is 13.9. The van der Waals surface area contributed by atoms with Crippen molar-refractivity contribution in [2.75, 3.05) is 26.2 Å². The molecule has 1 aromatic carbocycles. The molecule has 3 bridgehead atoms. The van der Waals surface area contributed by atoms with E-state index in [1.54, 1.807) is 0 Å². The molecule has 4 aliphatic heterocycles. The number of piperidine rings is 1. The fourth-order valence-corrected chi connectivity index (χ4v) is 9.86. The highest BCUT2D eigenvalue weighted by atomic mass is 16.3. The lowest BCUT2D eigenvalue weighted by Crippen LogP contribution is -2.65. The normalized spacial score (nSPS) is 35.9. The first-order chi connectivity index (χ1) is 20.6. The van der Waals surface area contributed by atoms with Gasteiger partial charge in [0.1, 0.15) is 5.78 Å². The van der Waals surface area contributed by atoms with Crippen molar-refractivity contribution in [3.63, 3.8) is 0 Å². The molecule has 3 saturated heterocycles. The van der Waals surface area contributed by atoms with Crippen LogP contribution in [0.1, 0.15) is 76.3 Å². The number of aromatic amines is 1. The van der Waals surface area contributed by atoms with Crippen molar-refractivity contribution in [3.8, 4) is 0 Å². The summed E-state index contributed by atoms with van der Waals surface area (Å²) >= 11 is 0. The molecule has 6 unspecified atom stereocenters. The van der Waals surface area contributed by atoms with Crippen molar-refractivity contribution in [2.24, 2.45) is 11.3 Å². The number of carbonyl (C=O) groups is 1. The zero-order chi connectivity index (χ0) is 28.3. The molecule has 6 heterocycles. The fourth-order valence-electron chi connectivity index (χ4n) is 9.86. The quantitative estimate of drug-likeness (QED) is 0.342. The Morgan fingerprint density at radius 2 is 1.86 bits per heavy atom. The SMILES string of the molecule is O=C1CCCN2C(CC1)CC13CN4CCCCC=CCCC(O)(C=C(c5nccc6c5[nH]c5ccccc56)C1CC4)C23. The molecule has 3 aromatic rings. The number of hydrogen-bond donors (Lipinski definition) is 2. The number of fused-ring (bicyclic) bond motifs is 5. The lowest BCUT2D eigenvalue weighted by molar-refractivity contribution is -0.120. The number of nitrogens with one attached hydrogen (secondary N) is 1. The van der Waals surface area contributed by atoms with Crippen LogP contribution in [0.15, 0.2) is 54.8 Å². The third kappa shape index (κ3) is 4.24. The number of para-hydroxylation sites is 1. The van der Waals surface area contributed by atoms with Crippen LogP contribution in [-0.4, -0.2) is 74.5 Å².